The normalized spacial score (nSPS) is 10.7. The van der Waals surface area contributed by atoms with Crippen LogP contribution < -0.4 is 10.1 Å². The third-order valence-corrected chi connectivity index (χ3v) is 5.63. The summed E-state index contributed by atoms with van der Waals surface area (Å²) in [6, 6.07) is 5.56. The van der Waals surface area contributed by atoms with E-state index >= 15 is 0 Å². The minimum absolute atomic E-state index is 0.132. The molecule has 0 radical (unpaired) electrons. The highest BCUT2D eigenvalue weighted by molar-refractivity contribution is 7.19. The number of hydrogen-bond acceptors (Lipinski definition) is 6. The van der Waals surface area contributed by atoms with Crippen LogP contribution in [0.25, 0.3) is 10.6 Å². The van der Waals surface area contributed by atoms with Gasteiger partial charge in [0.15, 0.2) is 5.13 Å². The van der Waals surface area contributed by atoms with Gasteiger partial charge in [0.05, 0.1) is 28.4 Å². The zero-order valence-corrected chi connectivity index (χ0v) is 16.3. The number of hydrogen-bond donors (Lipinski definition) is 1. The van der Waals surface area contributed by atoms with Crippen LogP contribution in [0.4, 0.5) is 5.13 Å². The molecule has 2 heterocycles. The first-order chi connectivity index (χ1) is 12.0. The third kappa shape index (κ3) is 4.18. The van der Waals surface area contributed by atoms with Crippen molar-refractivity contribution in [3.63, 3.8) is 0 Å². The van der Waals surface area contributed by atoms with E-state index < -0.39 is 0 Å². The SMILES string of the molecule is COc1ccc(Cl)cc1Cc1nc(-c2sc(NC(C)=O)nc2C)cs1. The fourth-order valence-electron chi connectivity index (χ4n) is 2.38. The van der Waals surface area contributed by atoms with Gasteiger partial charge in [-0.05, 0) is 25.1 Å². The summed E-state index contributed by atoms with van der Waals surface area (Å²) in [6.07, 6.45) is 0.644. The standard InChI is InChI=1S/C17H16ClN3O2S2/c1-9-16(25-17(19-9)20-10(2)22)13-8-24-15(21-13)7-11-6-12(18)4-5-14(11)23-3/h4-6,8H,7H2,1-3H3,(H,19,20,22). The summed E-state index contributed by atoms with van der Waals surface area (Å²) >= 11 is 9.10. The van der Waals surface area contributed by atoms with Gasteiger partial charge < -0.3 is 10.1 Å². The van der Waals surface area contributed by atoms with Crippen LogP contribution in [0.2, 0.25) is 5.02 Å². The number of nitrogens with zero attached hydrogens (tertiary/aromatic N) is 2. The van der Waals surface area contributed by atoms with E-state index in [9.17, 15) is 4.79 Å². The molecule has 0 aliphatic carbocycles. The largest absolute Gasteiger partial charge is 0.496 e. The van der Waals surface area contributed by atoms with Gasteiger partial charge in [-0.2, -0.15) is 0 Å². The molecule has 5 nitrogen and oxygen atoms in total. The number of nitrogens with one attached hydrogen (secondary N) is 1. The maximum Gasteiger partial charge on any atom is 0.223 e. The first kappa shape index (κ1) is 17.8. The van der Waals surface area contributed by atoms with Crippen molar-refractivity contribution in [1.29, 1.82) is 0 Å². The quantitative estimate of drug-likeness (QED) is 0.677. The number of anilines is 1. The number of aryl methyl sites for hydroxylation is 1. The Morgan fingerprint density at radius 3 is 2.88 bits per heavy atom. The Morgan fingerprint density at radius 1 is 1.36 bits per heavy atom. The number of carbonyl (C=O) groups is 1. The van der Waals surface area contributed by atoms with Crippen molar-refractivity contribution in [2.75, 3.05) is 12.4 Å². The number of thiazole rings is 2. The van der Waals surface area contributed by atoms with Gasteiger partial charge in [0, 0.05) is 29.3 Å². The highest BCUT2D eigenvalue weighted by Crippen LogP contribution is 2.34. The van der Waals surface area contributed by atoms with Crippen molar-refractivity contribution in [1.82, 2.24) is 9.97 Å². The predicted molar refractivity (Wildman–Crippen MR) is 103 cm³/mol. The summed E-state index contributed by atoms with van der Waals surface area (Å²) in [6.45, 7) is 3.38. The van der Waals surface area contributed by atoms with Gasteiger partial charge in [-0.3, -0.25) is 4.79 Å². The lowest BCUT2D eigenvalue weighted by atomic mass is 10.1. The number of carbonyl (C=O) groups excluding carboxylic acids is 1. The van der Waals surface area contributed by atoms with Gasteiger partial charge in [-0.25, -0.2) is 9.97 Å². The molecule has 25 heavy (non-hydrogen) atoms. The van der Waals surface area contributed by atoms with Crippen molar-refractivity contribution in [2.24, 2.45) is 0 Å². The van der Waals surface area contributed by atoms with E-state index in [-0.39, 0.29) is 5.91 Å². The predicted octanol–water partition coefficient (Wildman–Crippen LogP) is 4.79. The first-order valence-electron chi connectivity index (χ1n) is 7.48. The molecule has 0 saturated heterocycles. The summed E-state index contributed by atoms with van der Waals surface area (Å²) in [5.74, 6) is 0.662. The molecule has 3 aromatic rings. The molecular formula is C17H16ClN3O2S2. The Bertz CT molecular complexity index is 921. The molecule has 0 aliphatic heterocycles. The van der Waals surface area contributed by atoms with E-state index in [1.807, 2.05) is 24.4 Å². The number of aromatic nitrogens is 2. The van der Waals surface area contributed by atoms with Gasteiger partial charge in [0.1, 0.15) is 5.75 Å². The first-order valence-corrected chi connectivity index (χ1v) is 9.56. The van der Waals surface area contributed by atoms with Crippen molar-refractivity contribution in [3.05, 3.63) is 44.9 Å². The van der Waals surface area contributed by atoms with E-state index in [4.69, 9.17) is 21.3 Å². The van der Waals surface area contributed by atoms with Gasteiger partial charge in [0.25, 0.3) is 0 Å². The van der Waals surface area contributed by atoms with Gasteiger partial charge in [-0.15, -0.1) is 11.3 Å². The molecule has 8 heteroatoms. The lowest BCUT2D eigenvalue weighted by Gasteiger charge is -2.07. The van der Waals surface area contributed by atoms with Crippen LogP contribution in [0, 0.1) is 6.92 Å². The summed E-state index contributed by atoms with van der Waals surface area (Å²) in [4.78, 5) is 21.2. The molecule has 0 aliphatic rings. The average molecular weight is 394 g/mol. The zero-order chi connectivity index (χ0) is 18.0. The molecule has 2 aromatic heterocycles. The molecule has 0 fully saturated rings. The maximum absolute atomic E-state index is 11.2. The molecule has 1 amide bonds. The van der Waals surface area contributed by atoms with E-state index in [2.05, 4.69) is 10.3 Å². The average Bonchev–Trinajstić information content (AvgIpc) is 3.13. The van der Waals surface area contributed by atoms with Gasteiger partial charge in [-0.1, -0.05) is 22.9 Å². The minimum Gasteiger partial charge on any atom is -0.496 e. The third-order valence-electron chi connectivity index (χ3n) is 3.45. The fraction of sp³-hybridized carbons (Fsp3) is 0.235. The number of methoxy groups -OCH3 is 1. The Balaban J connectivity index is 1.85. The molecule has 0 spiro atoms. The molecule has 0 bridgehead atoms. The topological polar surface area (TPSA) is 64.1 Å². The lowest BCUT2D eigenvalue weighted by molar-refractivity contribution is -0.114. The molecule has 0 atom stereocenters. The number of amides is 1. The number of benzene rings is 1. The molecule has 0 saturated carbocycles. The van der Waals surface area contributed by atoms with E-state index in [1.54, 1.807) is 24.5 Å². The van der Waals surface area contributed by atoms with Crippen LogP contribution >= 0.6 is 34.3 Å². The molecule has 1 N–H and O–H groups in total. The highest BCUT2D eigenvalue weighted by Gasteiger charge is 2.15. The summed E-state index contributed by atoms with van der Waals surface area (Å²) in [7, 11) is 1.64. The van der Waals surface area contributed by atoms with Crippen LogP contribution in [0.5, 0.6) is 5.75 Å². The number of rotatable bonds is 5. The molecular weight excluding hydrogens is 378 g/mol. The second kappa shape index (κ2) is 7.51. The van der Waals surface area contributed by atoms with Crippen LogP contribution in [0.15, 0.2) is 23.6 Å². The number of ether oxygens (including phenoxy) is 1. The van der Waals surface area contributed by atoms with Crippen molar-refractivity contribution in [2.45, 2.75) is 20.3 Å². The van der Waals surface area contributed by atoms with Crippen molar-refractivity contribution in [3.8, 4) is 16.3 Å². The van der Waals surface area contributed by atoms with E-state index in [0.29, 0.717) is 16.6 Å². The Labute approximate surface area is 158 Å². The molecule has 130 valence electrons. The fourth-order valence-corrected chi connectivity index (χ4v) is 4.43. The van der Waals surface area contributed by atoms with Crippen molar-refractivity contribution < 1.29 is 9.53 Å². The Hall–Kier alpha value is -1.96. The van der Waals surface area contributed by atoms with Crippen LogP contribution in [0.1, 0.15) is 23.2 Å². The highest BCUT2D eigenvalue weighted by atomic mass is 35.5. The minimum atomic E-state index is -0.132. The maximum atomic E-state index is 11.2. The van der Waals surface area contributed by atoms with Gasteiger partial charge >= 0.3 is 0 Å². The van der Waals surface area contributed by atoms with E-state index in [0.717, 1.165) is 32.6 Å². The summed E-state index contributed by atoms with van der Waals surface area (Å²) in [5, 5.41) is 6.94. The van der Waals surface area contributed by atoms with Gasteiger partial charge in [0.2, 0.25) is 5.91 Å². The summed E-state index contributed by atoms with van der Waals surface area (Å²) in [5.41, 5.74) is 2.72. The monoisotopic (exact) mass is 393 g/mol. The second-order valence-electron chi connectivity index (χ2n) is 5.37. The number of halogens is 1. The Kier molecular flexibility index (Phi) is 5.36. The van der Waals surface area contributed by atoms with Crippen LogP contribution in [0.3, 0.4) is 0 Å². The van der Waals surface area contributed by atoms with E-state index in [1.165, 1.54) is 18.3 Å². The lowest BCUT2D eigenvalue weighted by Crippen LogP contribution is -2.04. The van der Waals surface area contributed by atoms with Crippen molar-refractivity contribution >= 4 is 45.3 Å². The smallest absolute Gasteiger partial charge is 0.223 e. The summed E-state index contributed by atoms with van der Waals surface area (Å²) < 4.78 is 5.39. The molecule has 1 aromatic carbocycles. The van der Waals surface area contributed by atoms with Crippen LogP contribution in [-0.2, 0) is 11.2 Å². The zero-order valence-electron chi connectivity index (χ0n) is 13.9. The molecule has 3 rings (SSSR count). The second-order valence-corrected chi connectivity index (χ2v) is 7.75. The Morgan fingerprint density at radius 2 is 2.16 bits per heavy atom. The van der Waals surface area contributed by atoms with Crippen LogP contribution in [-0.4, -0.2) is 23.0 Å². The molecule has 0 unspecified atom stereocenters.